The van der Waals surface area contributed by atoms with E-state index in [4.69, 9.17) is 0 Å². The van der Waals surface area contributed by atoms with Crippen molar-refractivity contribution in [2.75, 3.05) is 0 Å². The molecule has 0 amide bonds. The molecule has 0 radical (unpaired) electrons. The van der Waals surface area contributed by atoms with Crippen molar-refractivity contribution in [3.8, 4) is 0 Å². The van der Waals surface area contributed by atoms with Crippen LogP contribution in [0.1, 0.15) is 43.5 Å². The van der Waals surface area contributed by atoms with Crippen LogP contribution in [0.25, 0.3) is 0 Å². The van der Waals surface area contributed by atoms with E-state index in [1.807, 2.05) is 0 Å². The Morgan fingerprint density at radius 1 is 1.16 bits per heavy atom. The van der Waals surface area contributed by atoms with E-state index < -0.39 is 11.6 Å². The lowest BCUT2D eigenvalue weighted by Crippen LogP contribution is -2.27. The molecule has 4 heteroatoms. The molecule has 1 aliphatic carbocycles. The molecular formula is C15H17BrF2O. The summed E-state index contributed by atoms with van der Waals surface area (Å²) in [6.45, 7) is 4.25. The summed E-state index contributed by atoms with van der Waals surface area (Å²) in [6.07, 6.45) is 2.38. The van der Waals surface area contributed by atoms with Gasteiger partial charge in [0.25, 0.3) is 0 Å². The van der Waals surface area contributed by atoms with Gasteiger partial charge in [-0.1, -0.05) is 29.8 Å². The highest BCUT2D eigenvalue weighted by Gasteiger charge is 2.32. The van der Waals surface area contributed by atoms with Gasteiger partial charge in [-0.3, -0.25) is 4.79 Å². The average molecular weight is 331 g/mol. The number of ketones is 1. The van der Waals surface area contributed by atoms with E-state index in [-0.39, 0.29) is 17.3 Å². The molecule has 104 valence electrons. The summed E-state index contributed by atoms with van der Waals surface area (Å²) in [5.74, 6) is -1.20. The van der Waals surface area contributed by atoms with Crippen molar-refractivity contribution in [2.24, 2.45) is 17.8 Å². The van der Waals surface area contributed by atoms with E-state index in [0.29, 0.717) is 16.3 Å². The molecule has 0 bridgehead atoms. The summed E-state index contributed by atoms with van der Waals surface area (Å²) in [6, 6.07) is 2.29. The topological polar surface area (TPSA) is 17.1 Å². The number of hydrogen-bond acceptors (Lipinski definition) is 1. The maximum Gasteiger partial charge on any atom is 0.171 e. The summed E-state index contributed by atoms with van der Waals surface area (Å²) < 4.78 is 27.9. The molecule has 0 spiro atoms. The molecule has 0 aromatic heterocycles. The van der Waals surface area contributed by atoms with Crippen LogP contribution in [0.4, 0.5) is 8.78 Å². The molecule has 0 saturated heterocycles. The van der Waals surface area contributed by atoms with Crippen molar-refractivity contribution in [1.82, 2.24) is 0 Å². The maximum atomic E-state index is 13.8. The van der Waals surface area contributed by atoms with Crippen molar-refractivity contribution in [3.05, 3.63) is 33.8 Å². The van der Waals surface area contributed by atoms with Crippen LogP contribution in [0.3, 0.4) is 0 Å². The van der Waals surface area contributed by atoms with E-state index in [1.54, 1.807) is 0 Å². The smallest absolute Gasteiger partial charge is 0.171 e. The molecule has 3 atom stereocenters. The van der Waals surface area contributed by atoms with Gasteiger partial charge < -0.3 is 0 Å². The summed E-state index contributed by atoms with van der Waals surface area (Å²) in [5.41, 5.74) is -0.380. The molecule has 1 fully saturated rings. The number of carbonyl (C=O) groups is 1. The number of halogens is 3. The zero-order chi connectivity index (χ0) is 14.2. The van der Waals surface area contributed by atoms with Gasteiger partial charge >= 0.3 is 0 Å². The fraction of sp³-hybridized carbons (Fsp3) is 0.533. The molecule has 3 unspecified atom stereocenters. The predicted octanol–water partition coefficient (Wildman–Crippen LogP) is 4.98. The highest BCUT2D eigenvalue weighted by Crippen LogP contribution is 2.36. The Bertz CT molecular complexity index is 478. The lowest BCUT2D eigenvalue weighted by atomic mass is 9.73. The zero-order valence-corrected chi connectivity index (χ0v) is 12.6. The maximum absolute atomic E-state index is 13.8. The summed E-state index contributed by atoms with van der Waals surface area (Å²) in [5, 5.41) is 0. The Morgan fingerprint density at radius 3 is 2.26 bits per heavy atom. The van der Waals surface area contributed by atoms with Crippen LogP contribution in [0.2, 0.25) is 0 Å². The summed E-state index contributed by atoms with van der Waals surface area (Å²) >= 11 is 3.02. The van der Waals surface area contributed by atoms with Gasteiger partial charge in [0.05, 0.1) is 5.56 Å². The summed E-state index contributed by atoms with van der Waals surface area (Å²) in [7, 11) is 0. The SMILES string of the molecule is CC1CCC(C(=O)c2c(F)cc(Br)cc2F)CC1C. The van der Waals surface area contributed by atoms with E-state index >= 15 is 0 Å². The van der Waals surface area contributed by atoms with Crippen LogP contribution in [-0.2, 0) is 0 Å². The minimum atomic E-state index is -0.775. The van der Waals surface area contributed by atoms with Crippen molar-refractivity contribution < 1.29 is 13.6 Å². The quantitative estimate of drug-likeness (QED) is 0.699. The van der Waals surface area contributed by atoms with Gasteiger partial charge in [-0.05, 0) is 43.2 Å². The molecule has 19 heavy (non-hydrogen) atoms. The Morgan fingerprint density at radius 2 is 1.74 bits per heavy atom. The molecule has 1 aromatic rings. The van der Waals surface area contributed by atoms with Gasteiger partial charge in [-0.2, -0.15) is 0 Å². The predicted molar refractivity (Wildman–Crippen MR) is 74.1 cm³/mol. The number of rotatable bonds is 2. The van der Waals surface area contributed by atoms with Crippen molar-refractivity contribution in [1.29, 1.82) is 0 Å². The Balaban J connectivity index is 2.25. The standard InChI is InChI=1S/C15H17BrF2O/c1-8-3-4-10(5-9(8)2)15(19)14-12(17)6-11(16)7-13(14)18/h6-10H,3-5H2,1-2H3. The monoisotopic (exact) mass is 330 g/mol. The zero-order valence-electron chi connectivity index (χ0n) is 11.1. The Hall–Kier alpha value is -0.770. The first-order chi connectivity index (χ1) is 8.90. The number of Topliss-reactive ketones (excluding diaryl/α,β-unsaturated/α-hetero) is 1. The van der Waals surface area contributed by atoms with Crippen molar-refractivity contribution in [3.63, 3.8) is 0 Å². The van der Waals surface area contributed by atoms with Gasteiger partial charge in [0.15, 0.2) is 5.78 Å². The first-order valence-corrected chi connectivity index (χ1v) is 7.38. The first kappa shape index (κ1) is 14.6. The van der Waals surface area contributed by atoms with Gasteiger partial charge in [0, 0.05) is 10.4 Å². The molecule has 1 nitrogen and oxygen atoms in total. The number of carbonyl (C=O) groups excluding carboxylic acids is 1. The second-order valence-corrected chi connectivity index (χ2v) is 6.49. The number of benzene rings is 1. The molecule has 1 saturated carbocycles. The van der Waals surface area contributed by atoms with E-state index in [2.05, 4.69) is 29.8 Å². The molecule has 0 aliphatic heterocycles. The lowest BCUT2D eigenvalue weighted by Gasteiger charge is -2.31. The van der Waals surface area contributed by atoms with E-state index in [0.717, 1.165) is 31.4 Å². The molecule has 2 rings (SSSR count). The Labute approximate surface area is 120 Å². The van der Waals surface area contributed by atoms with Gasteiger partial charge in [-0.15, -0.1) is 0 Å². The van der Waals surface area contributed by atoms with Crippen molar-refractivity contribution >= 4 is 21.7 Å². The average Bonchev–Trinajstić information content (AvgIpc) is 2.31. The molecule has 1 aromatic carbocycles. The lowest BCUT2D eigenvalue weighted by molar-refractivity contribution is 0.0828. The molecule has 0 N–H and O–H groups in total. The second-order valence-electron chi connectivity index (χ2n) is 5.57. The van der Waals surface area contributed by atoms with Crippen LogP contribution in [0, 0.1) is 29.4 Å². The third-order valence-electron chi connectivity index (χ3n) is 4.22. The molecular weight excluding hydrogens is 314 g/mol. The first-order valence-electron chi connectivity index (χ1n) is 6.59. The van der Waals surface area contributed by atoms with E-state index in [9.17, 15) is 13.6 Å². The summed E-state index contributed by atoms with van der Waals surface area (Å²) in [4.78, 5) is 12.3. The van der Waals surface area contributed by atoms with Gasteiger partial charge in [-0.25, -0.2) is 8.78 Å². The minimum Gasteiger partial charge on any atom is -0.294 e. The highest BCUT2D eigenvalue weighted by molar-refractivity contribution is 9.10. The third kappa shape index (κ3) is 3.04. The van der Waals surface area contributed by atoms with Gasteiger partial charge in [0.1, 0.15) is 11.6 Å². The van der Waals surface area contributed by atoms with Crippen LogP contribution in [0.15, 0.2) is 16.6 Å². The third-order valence-corrected chi connectivity index (χ3v) is 4.68. The van der Waals surface area contributed by atoms with Crippen LogP contribution < -0.4 is 0 Å². The fourth-order valence-electron chi connectivity index (χ4n) is 2.77. The van der Waals surface area contributed by atoms with Crippen LogP contribution in [0.5, 0.6) is 0 Å². The largest absolute Gasteiger partial charge is 0.294 e. The fourth-order valence-corrected chi connectivity index (χ4v) is 3.17. The number of hydrogen-bond donors (Lipinski definition) is 0. The van der Waals surface area contributed by atoms with E-state index in [1.165, 1.54) is 0 Å². The minimum absolute atomic E-state index is 0.253. The second kappa shape index (κ2) is 5.70. The molecule has 0 heterocycles. The normalized spacial score (nSPS) is 27.3. The van der Waals surface area contributed by atoms with Gasteiger partial charge in [0.2, 0.25) is 0 Å². The molecule has 1 aliphatic rings. The highest BCUT2D eigenvalue weighted by atomic mass is 79.9. The van der Waals surface area contributed by atoms with Crippen molar-refractivity contribution in [2.45, 2.75) is 33.1 Å². The Kier molecular flexibility index (Phi) is 4.39. The van der Waals surface area contributed by atoms with Crippen LogP contribution in [-0.4, -0.2) is 5.78 Å². The van der Waals surface area contributed by atoms with Crippen LogP contribution >= 0.6 is 15.9 Å².